The average Bonchev–Trinajstić information content (AvgIpc) is 2.73. The Labute approximate surface area is 146 Å². The van der Waals surface area contributed by atoms with E-state index in [0.717, 1.165) is 5.56 Å². The zero-order valence-electron chi connectivity index (χ0n) is 14.9. The lowest BCUT2D eigenvalue weighted by Crippen LogP contribution is -2.28. The molecule has 7 heteroatoms. The fraction of sp³-hybridized carbons (Fsp3) is 0.500. The lowest BCUT2D eigenvalue weighted by Gasteiger charge is -2.25. The Morgan fingerprint density at radius 1 is 1.40 bits per heavy atom. The van der Waals surface area contributed by atoms with Gasteiger partial charge in [-0.15, -0.1) is 0 Å². The van der Waals surface area contributed by atoms with Gasteiger partial charge in [-0.05, 0) is 25.8 Å². The van der Waals surface area contributed by atoms with E-state index in [4.69, 9.17) is 5.73 Å². The number of pyridine rings is 1. The summed E-state index contributed by atoms with van der Waals surface area (Å²) < 4.78 is 27.3. The van der Waals surface area contributed by atoms with Crippen LogP contribution in [0.5, 0.6) is 0 Å². The first-order valence-electron chi connectivity index (χ1n) is 8.28. The van der Waals surface area contributed by atoms with Gasteiger partial charge in [-0.2, -0.15) is 0 Å². The van der Waals surface area contributed by atoms with Crippen LogP contribution >= 0.6 is 0 Å². The van der Waals surface area contributed by atoms with Crippen LogP contribution < -0.4 is 10.6 Å². The molecule has 1 aromatic heterocycles. The van der Waals surface area contributed by atoms with Crippen molar-refractivity contribution in [2.45, 2.75) is 39.0 Å². The van der Waals surface area contributed by atoms with Crippen molar-refractivity contribution in [3.63, 3.8) is 0 Å². The number of ketones is 1. The van der Waals surface area contributed by atoms with E-state index >= 15 is 0 Å². The van der Waals surface area contributed by atoms with E-state index in [2.05, 4.69) is 9.98 Å². The van der Waals surface area contributed by atoms with Crippen molar-refractivity contribution >= 4 is 23.4 Å². The SMILES string of the molecule is CN=C/C(=C\N)c1cnc(N2CCCC(F)(F)CC2)c(C(C)=O)c1C. The van der Waals surface area contributed by atoms with Crippen LogP contribution in [-0.4, -0.2) is 43.0 Å². The second-order valence-corrected chi connectivity index (χ2v) is 6.26. The van der Waals surface area contributed by atoms with Gasteiger partial charge in [-0.3, -0.25) is 9.79 Å². The van der Waals surface area contributed by atoms with Gasteiger partial charge in [0, 0.05) is 62.7 Å². The molecule has 0 bridgehead atoms. The number of allylic oxidation sites excluding steroid dienone is 1. The molecule has 1 aliphatic rings. The average molecular weight is 350 g/mol. The number of carbonyl (C=O) groups excluding carboxylic acids is 1. The minimum atomic E-state index is -2.66. The number of anilines is 1. The number of nitrogens with zero attached hydrogens (tertiary/aromatic N) is 3. The number of aromatic nitrogens is 1. The van der Waals surface area contributed by atoms with Gasteiger partial charge in [0.25, 0.3) is 0 Å². The highest BCUT2D eigenvalue weighted by Gasteiger charge is 2.33. The zero-order valence-corrected chi connectivity index (χ0v) is 14.9. The quantitative estimate of drug-likeness (QED) is 0.668. The number of halogens is 2. The predicted molar refractivity (Wildman–Crippen MR) is 96.6 cm³/mol. The molecule has 2 heterocycles. The third-order valence-electron chi connectivity index (χ3n) is 4.45. The summed E-state index contributed by atoms with van der Waals surface area (Å²) in [5.74, 6) is -2.34. The van der Waals surface area contributed by atoms with Crippen molar-refractivity contribution in [3.8, 4) is 0 Å². The monoisotopic (exact) mass is 350 g/mol. The number of rotatable bonds is 4. The summed E-state index contributed by atoms with van der Waals surface area (Å²) in [6.07, 6.45) is 4.63. The number of carbonyl (C=O) groups is 1. The molecule has 0 atom stereocenters. The molecule has 0 amide bonds. The molecule has 0 spiro atoms. The highest BCUT2D eigenvalue weighted by Crippen LogP contribution is 2.32. The molecule has 2 rings (SSSR count). The van der Waals surface area contributed by atoms with Gasteiger partial charge in [0.1, 0.15) is 5.82 Å². The molecule has 1 saturated heterocycles. The molecule has 1 aliphatic heterocycles. The molecular weight excluding hydrogens is 326 g/mol. The number of alkyl halides is 2. The van der Waals surface area contributed by atoms with E-state index in [-0.39, 0.29) is 25.2 Å². The summed E-state index contributed by atoms with van der Waals surface area (Å²) in [7, 11) is 1.63. The summed E-state index contributed by atoms with van der Waals surface area (Å²) in [6.45, 7) is 3.91. The van der Waals surface area contributed by atoms with Gasteiger partial charge in [0.2, 0.25) is 5.92 Å². The van der Waals surface area contributed by atoms with Gasteiger partial charge < -0.3 is 10.6 Å². The molecule has 0 radical (unpaired) electrons. The Kier molecular flexibility index (Phi) is 5.87. The number of hydrogen-bond donors (Lipinski definition) is 1. The van der Waals surface area contributed by atoms with Crippen molar-refractivity contribution in [2.75, 3.05) is 25.0 Å². The van der Waals surface area contributed by atoms with Gasteiger partial charge in [-0.1, -0.05) is 0 Å². The number of aliphatic imine (C=N–C) groups is 1. The number of hydrogen-bond acceptors (Lipinski definition) is 5. The molecule has 2 N–H and O–H groups in total. The van der Waals surface area contributed by atoms with Crippen LogP contribution in [0.15, 0.2) is 17.4 Å². The Morgan fingerprint density at radius 2 is 2.12 bits per heavy atom. The van der Waals surface area contributed by atoms with E-state index in [1.165, 1.54) is 13.1 Å². The fourth-order valence-corrected chi connectivity index (χ4v) is 3.16. The summed E-state index contributed by atoms with van der Waals surface area (Å²) in [4.78, 5) is 22.4. The largest absolute Gasteiger partial charge is 0.404 e. The van der Waals surface area contributed by atoms with Gasteiger partial charge >= 0.3 is 0 Å². The maximum Gasteiger partial charge on any atom is 0.249 e. The highest BCUT2D eigenvalue weighted by molar-refractivity contribution is 6.11. The molecule has 136 valence electrons. The molecule has 1 aromatic rings. The summed E-state index contributed by atoms with van der Waals surface area (Å²) in [5.41, 5.74) is 8.20. The van der Waals surface area contributed by atoms with E-state index in [9.17, 15) is 13.6 Å². The number of nitrogens with two attached hydrogens (primary N) is 1. The standard InChI is InChI=1S/C18H24F2N4O/c1-12-15(14(9-21)10-22-3)11-23-17(16(12)13(2)25)24-7-4-5-18(19,20)6-8-24/h9-11H,4-8,21H2,1-3H3/b14-9+,22-10?. The third-order valence-corrected chi connectivity index (χ3v) is 4.45. The van der Waals surface area contributed by atoms with Gasteiger partial charge in [0.15, 0.2) is 5.78 Å². The van der Waals surface area contributed by atoms with Crippen LogP contribution in [0, 0.1) is 6.92 Å². The first kappa shape index (κ1) is 19.0. The Balaban J connectivity index is 2.49. The number of Topliss-reactive ketones (excluding diaryl/α,β-unsaturated/α-hetero) is 1. The second-order valence-electron chi connectivity index (χ2n) is 6.26. The Bertz CT molecular complexity index is 713. The van der Waals surface area contributed by atoms with Crippen LogP contribution in [0.1, 0.15) is 47.7 Å². The van der Waals surface area contributed by atoms with Crippen LogP contribution in [0.2, 0.25) is 0 Å². The van der Waals surface area contributed by atoms with Crippen molar-refractivity contribution in [1.82, 2.24) is 4.98 Å². The molecule has 5 nitrogen and oxygen atoms in total. The fourth-order valence-electron chi connectivity index (χ4n) is 3.16. The molecule has 0 aromatic carbocycles. The maximum atomic E-state index is 13.6. The van der Waals surface area contributed by atoms with Crippen molar-refractivity contribution in [3.05, 3.63) is 29.1 Å². The lowest BCUT2D eigenvalue weighted by atomic mass is 9.97. The molecular formula is C18H24F2N4O. The highest BCUT2D eigenvalue weighted by atomic mass is 19.3. The van der Waals surface area contributed by atoms with E-state index in [1.54, 1.807) is 24.4 Å². The molecule has 25 heavy (non-hydrogen) atoms. The maximum absolute atomic E-state index is 13.6. The first-order valence-corrected chi connectivity index (χ1v) is 8.28. The van der Waals surface area contributed by atoms with E-state index < -0.39 is 5.92 Å². The van der Waals surface area contributed by atoms with Gasteiger partial charge in [-0.25, -0.2) is 13.8 Å². The summed E-state index contributed by atoms with van der Waals surface area (Å²) in [6, 6.07) is 0. The van der Waals surface area contributed by atoms with Crippen molar-refractivity contribution in [1.29, 1.82) is 0 Å². The summed E-state index contributed by atoms with van der Waals surface area (Å²) in [5, 5.41) is 0. The minimum Gasteiger partial charge on any atom is -0.404 e. The van der Waals surface area contributed by atoms with Crippen molar-refractivity contribution in [2.24, 2.45) is 10.7 Å². The van der Waals surface area contributed by atoms with E-state index in [1.807, 2.05) is 6.92 Å². The van der Waals surface area contributed by atoms with Crippen molar-refractivity contribution < 1.29 is 13.6 Å². The molecule has 0 aliphatic carbocycles. The van der Waals surface area contributed by atoms with Crippen LogP contribution in [0.4, 0.5) is 14.6 Å². The van der Waals surface area contributed by atoms with Gasteiger partial charge in [0.05, 0.1) is 5.56 Å². The lowest BCUT2D eigenvalue weighted by molar-refractivity contribution is -0.0102. The van der Waals surface area contributed by atoms with Crippen LogP contribution in [0.3, 0.4) is 0 Å². The molecule has 0 unspecified atom stereocenters. The minimum absolute atomic E-state index is 0.136. The Morgan fingerprint density at radius 3 is 2.72 bits per heavy atom. The van der Waals surface area contributed by atoms with E-state index in [0.29, 0.717) is 35.5 Å². The first-order chi connectivity index (χ1) is 11.8. The summed E-state index contributed by atoms with van der Waals surface area (Å²) >= 11 is 0. The molecule has 0 saturated carbocycles. The van der Waals surface area contributed by atoms with Crippen LogP contribution in [-0.2, 0) is 0 Å². The normalized spacial score (nSPS) is 18.4. The Hall–Kier alpha value is -2.31. The smallest absolute Gasteiger partial charge is 0.249 e. The van der Waals surface area contributed by atoms with Crippen LogP contribution in [0.25, 0.3) is 5.57 Å². The second kappa shape index (κ2) is 7.72. The predicted octanol–water partition coefficient (Wildman–Crippen LogP) is 3.22. The third kappa shape index (κ3) is 4.21. The topological polar surface area (TPSA) is 71.6 Å². The zero-order chi connectivity index (χ0) is 18.6. The molecule has 1 fully saturated rings.